The van der Waals surface area contributed by atoms with E-state index < -0.39 is 11.7 Å². The highest BCUT2D eigenvalue weighted by atomic mass is 19.1. The third-order valence-corrected chi connectivity index (χ3v) is 3.80. The van der Waals surface area contributed by atoms with Gasteiger partial charge in [0.25, 0.3) is 5.91 Å². The van der Waals surface area contributed by atoms with Crippen molar-refractivity contribution < 1.29 is 13.6 Å². The van der Waals surface area contributed by atoms with Gasteiger partial charge in [-0.2, -0.15) is 0 Å². The third-order valence-electron chi connectivity index (χ3n) is 3.80. The van der Waals surface area contributed by atoms with Crippen molar-refractivity contribution in [3.05, 3.63) is 89.6 Å². The molecule has 1 aromatic heterocycles. The van der Waals surface area contributed by atoms with Gasteiger partial charge in [0.2, 0.25) is 0 Å². The van der Waals surface area contributed by atoms with Crippen LogP contribution in [0, 0.1) is 11.6 Å². The largest absolute Gasteiger partial charge is 0.370 e. The first-order valence-electron chi connectivity index (χ1n) is 8.13. The maximum Gasteiger partial charge on any atom is 0.255 e. The molecule has 1 heterocycles. The normalized spacial score (nSPS) is 10.4. The zero-order valence-corrected chi connectivity index (χ0v) is 13.9. The highest BCUT2D eigenvalue weighted by Crippen LogP contribution is 2.15. The van der Waals surface area contributed by atoms with Crippen LogP contribution in [0.5, 0.6) is 0 Å². The van der Waals surface area contributed by atoms with Crippen LogP contribution in [0.25, 0.3) is 0 Å². The van der Waals surface area contributed by atoms with Gasteiger partial charge in [-0.1, -0.05) is 30.3 Å². The Labute approximate surface area is 149 Å². The number of rotatable bonds is 6. The van der Waals surface area contributed by atoms with Gasteiger partial charge in [0.05, 0.1) is 5.69 Å². The second-order valence-corrected chi connectivity index (χ2v) is 5.63. The number of halogens is 2. The molecule has 6 heteroatoms. The average molecular weight is 353 g/mol. The number of anilines is 2. The summed E-state index contributed by atoms with van der Waals surface area (Å²) >= 11 is 0. The monoisotopic (exact) mass is 353 g/mol. The lowest BCUT2D eigenvalue weighted by molar-refractivity contribution is 0.102. The number of nitrogens with one attached hydrogen (secondary N) is 2. The number of para-hydroxylation sites is 1. The van der Waals surface area contributed by atoms with Crippen LogP contribution in [0.1, 0.15) is 15.9 Å². The maximum atomic E-state index is 13.6. The lowest BCUT2D eigenvalue weighted by Gasteiger charge is -2.09. The Morgan fingerprint density at radius 1 is 0.962 bits per heavy atom. The second-order valence-electron chi connectivity index (χ2n) is 5.63. The van der Waals surface area contributed by atoms with Gasteiger partial charge in [0.15, 0.2) is 0 Å². The van der Waals surface area contributed by atoms with E-state index in [-0.39, 0.29) is 11.5 Å². The quantitative estimate of drug-likeness (QED) is 0.696. The molecule has 3 rings (SSSR count). The van der Waals surface area contributed by atoms with Crippen molar-refractivity contribution in [2.24, 2.45) is 0 Å². The van der Waals surface area contributed by atoms with Crippen LogP contribution in [0.4, 0.5) is 20.3 Å². The molecule has 0 atom stereocenters. The van der Waals surface area contributed by atoms with E-state index in [0.717, 1.165) is 0 Å². The Morgan fingerprint density at radius 3 is 2.46 bits per heavy atom. The van der Waals surface area contributed by atoms with Crippen LogP contribution < -0.4 is 10.6 Å². The first-order valence-corrected chi connectivity index (χ1v) is 8.13. The first kappa shape index (κ1) is 17.5. The first-order chi connectivity index (χ1) is 12.6. The molecule has 2 N–H and O–H groups in total. The van der Waals surface area contributed by atoms with Gasteiger partial charge in [-0.25, -0.2) is 13.8 Å². The van der Waals surface area contributed by atoms with Gasteiger partial charge in [0, 0.05) is 18.3 Å². The molecule has 0 saturated heterocycles. The minimum absolute atomic E-state index is 0.114. The molecule has 0 aliphatic heterocycles. The summed E-state index contributed by atoms with van der Waals surface area (Å²) < 4.78 is 27.2. The number of benzene rings is 2. The van der Waals surface area contributed by atoms with E-state index >= 15 is 0 Å². The highest BCUT2D eigenvalue weighted by molar-refractivity contribution is 6.04. The molecule has 0 spiro atoms. The van der Waals surface area contributed by atoms with E-state index in [1.165, 1.54) is 30.5 Å². The number of aromatic nitrogens is 1. The summed E-state index contributed by atoms with van der Waals surface area (Å²) in [5, 5.41) is 5.58. The number of carbonyl (C=O) groups is 1. The number of hydrogen-bond donors (Lipinski definition) is 2. The van der Waals surface area contributed by atoms with E-state index in [0.29, 0.717) is 29.9 Å². The second kappa shape index (κ2) is 8.20. The van der Waals surface area contributed by atoms with Gasteiger partial charge in [-0.15, -0.1) is 0 Å². The van der Waals surface area contributed by atoms with Crippen molar-refractivity contribution >= 4 is 17.4 Å². The van der Waals surface area contributed by atoms with Crippen molar-refractivity contribution in [3.8, 4) is 0 Å². The Hall–Kier alpha value is -3.28. The molecule has 2 aromatic carbocycles. The molecule has 0 fully saturated rings. The molecule has 132 valence electrons. The lowest BCUT2D eigenvalue weighted by Crippen LogP contribution is -2.14. The Kier molecular flexibility index (Phi) is 5.53. The smallest absolute Gasteiger partial charge is 0.255 e. The summed E-state index contributed by atoms with van der Waals surface area (Å²) in [4.78, 5) is 16.4. The number of pyridine rings is 1. The van der Waals surface area contributed by atoms with Crippen molar-refractivity contribution in [2.75, 3.05) is 17.2 Å². The fourth-order valence-electron chi connectivity index (χ4n) is 2.45. The van der Waals surface area contributed by atoms with Gasteiger partial charge >= 0.3 is 0 Å². The third kappa shape index (κ3) is 4.42. The van der Waals surface area contributed by atoms with E-state index in [4.69, 9.17) is 0 Å². The van der Waals surface area contributed by atoms with Crippen molar-refractivity contribution in [1.82, 2.24) is 4.98 Å². The Balaban J connectivity index is 1.62. The standard InChI is InChI=1S/C20H17F2N3O/c21-16-6-2-1-5-14(16)9-11-23-19-13-15(10-12-24-19)20(26)25-18-8-4-3-7-17(18)22/h1-8,10,12-13H,9,11H2,(H,23,24)(H,25,26). The fourth-order valence-corrected chi connectivity index (χ4v) is 2.45. The molecule has 0 saturated carbocycles. The van der Waals surface area contributed by atoms with E-state index in [1.54, 1.807) is 36.4 Å². The number of amides is 1. The zero-order valence-electron chi connectivity index (χ0n) is 13.9. The van der Waals surface area contributed by atoms with Crippen LogP contribution in [0.3, 0.4) is 0 Å². The van der Waals surface area contributed by atoms with Crippen molar-refractivity contribution in [3.63, 3.8) is 0 Å². The molecule has 3 aromatic rings. The Bertz CT molecular complexity index is 915. The molecule has 0 aliphatic rings. The van der Waals surface area contributed by atoms with E-state index in [1.807, 2.05) is 0 Å². The summed E-state index contributed by atoms with van der Waals surface area (Å²) in [6.07, 6.45) is 1.97. The summed E-state index contributed by atoms with van der Waals surface area (Å²) in [6.45, 7) is 0.465. The minimum atomic E-state index is -0.502. The predicted octanol–water partition coefficient (Wildman–Crippen LogP) is 4.27. The summed E-state index contributed by atoms with van der Waals surface area (Å²) in [5.74, 6) is -0.699. The molecular formula is C20H17F2N3O. The van der Waals surface area contributed by atoms with Crippen molar-refractivity contribution in [2.45, 2.75) is 6.42 Å². The minimum Gasteiger partial charge on any atom is -0.370 e. The van der Waals surface area contributed by atoms with Crippen molar-refractivity contribution in [1.29, 1.82) is 0 Å². The van der Waals surface area contributed by atoms with Crippen LogP contribution in [-0.2, 0) is 6.42 Å². The zero-order chi connectivity index (χ0) is 18.4. The number of nitrogens with zero attached hydrogens (tertiary/aromatic N) is 1. The number of carbonyl (C=O) groups excluding carboxylic acids is 1. The molecule has 26 heavy (non-hydrogen) atoms. The topological polar surface area (TPSA) is 54.0 Å². The summed E-state index contributed by atoms with van der Waals surface area (Å²) in [7, 11) is 0. The summed E-state index contributed by atoms with van der Waals surface area (Å²) in [6, 6.07) is 15.6. The molecule has 4 nitrogen and oxygen atoms in total. The van der Waals surface area contributed by atoms with Crippen LogP contribution in [-0.4, -0.2) is 17.4 Å². The molecule has 0 unspecified atom stereocenters. The molecule has 1 amide bonds. The van der Waals surface area contributed by atoms with Crippen LogP contribution >= 0.6 is 0 Å². The average Bonchev–Trinajstić information content (AvgIpc) is 2.65. The van der Waals surface area contributed by atoms with E-state index in [2.05, 4.69) is 15.6 Å². The Morgan fingerprint density at radius 2 is 1.69 bits per heavy atom. The SMILES string of the molecule is O=C(Nc1ccccc1F)c1ccnc(NCCc2ccccc2F)c1. The summed E-state index contributed by atoms with van der Waals surface area (Å²) in [5.41, 5.74) is 1.06. The van der Waals surface area contributed by atoms with Gasteiger partial charge < -0.3 is 10.6 Å². The van der Waals surface area contributed by atoms with Gasteiger partial charge in [0.1, 0.15) is 17.5 Å². The van der Waals surface area contributed by atoms with Crippen LogP contribution in [0.15, 0.2) is 66.9 Å². The number of hydrogen-bond acceptors (Lipinski definition) is 3. The lowest BCUT2D eigenvalue weighted by atomic mass is 10.1. The molecule has 0 aliphatic carbocycles. The molecular weight excluding hydrogens is 336 g/mol. The van der Waals surface area contributed by atoms with E-state index in [9.17, 15) is 13.6 Å². The fraction of sp³-hybridized carbons (Fsp3) is 0.100. The predicted molar refractivity (Wildman–Crippen MR) is 97.2 cm³/mol. The maximum absolute atomic E-state index is 13.6. The van der Waals surface area contributed by atoms with Crippen LogP contribution in [0.2, 0.25) is 0 Å². The van der Waals surface area contributed by atoms with Gasteiger partial charge in [-0.3, -0.25) is 4.79 Å². The molecule has 0 bridgehead atoms. The molecule has 0 radical (unpaired) electrons. The van der Waals surface area contributed by atoms with Gasteiger partial charge in [-0.05, 0) is 42.3 Å². The highest BCUT2D eigenvalue weighted by Gasteiger charge is 2.10.